The molecule has 2 fully saturated rings. The Bertz CT molecular complexity index is 584. The largest absolute Gasteiger partial charge is 0.393 e. The average Bonchev–Trinajstić information content (AvgIpc) is 2.75. The fraction of sp³-hybridized carbons (Fsp3) is 0.875. The molecule has 2 aliphatic rings. The lowest BCUT2D eigenvalue weighted by atomic mass is 9.69. The van der Waals surface area contributed by atoms with Crippen LogP contribution in [0.5, 0.6) is 0 Å². The van der Waals surface area contributed by atoms with Crippen LogP contribution in [-0.2, 0) is 14.4 Å². The number of hydrogen-bond acceptors (Lipinski definition) is 5. The van der Waals surface area contributed by atoms with Crippen LogP contribution in [0.25, 0.3) is 0 Å². The lowest BCUT2D eigenvalue weighted by molar-refractivity contribution is -0.137. The number of rotatable bonds is 10. The van der Waals surface area contributed by atoms with Gasteiger partial charge in [0, 0.05) is 24.8 Å². The molecular weight excluding hydrogens is 380 g/mol. The van der Waals surface area contributed by atoms with Gasteiger partial charge in [-0.15, -0.1) is 0 Å². The number of aliphatic hydroxyl groups is 1. The van der Waals surface area contributed by atoms with Crippen molar-refractivity contribution < 1.29 is 19.5 Å². The van der Waals surface area contributed by atoms with Crippen molar-refractivity contribution in [3.63, 3.8) is 0 Å². The highest BCUT2D eigenvalue weighted by atomic mass is 16.3. The molecular formula is C24H42N2O4. The van der Waals surface area contributed by atoms with E-state index in [1.54, 1.807) is 13.8 Å². The molecule has 0 aliphatic heterocycles. The molecule has 0 aromatic heterocycles. The van der Waals surface area contributed by atoms with Gasteiger partial charge in [-0.2, -0.15) is 0 Å². The quantitative estimate of drug-likeness (QED) is 0.501. The zero-order valence-electron chi connectivity index (χ0n) is 19.1. The highest BCUT2D eigenvalue weighted by molar-refractivity contribution is 5.93. The standard InChI is InChI=1S/C24H42N2O4/c1-15(2)23(29)21(14-25)26-24(30)20(16(3)27)13-22(28)19-11-7-10-18(12-19)17-8-5-4-6-9-17/h15-21,27H,4-14,25H2,1-3H3,(H,26,30)/t16-,18?,19+,20-,21-/m0/s1. The maximum absolute atomic E-state index is 13.1. The lowest BCUT2D eigenvalue weighted by Gasteiger charge is -2.36. The molecule has 0 aromatic carbocycles. The molecule has 6 heteroatoms. The maximum atomic E-state index is 13.1. The van der Waals surface area contributed by atoms with E-state index < -0.39 is 24.0 Å². The van der Waals surface area contributed by atoms with Crippen LogP contribution < -0.4 is 11.1 Å². The monoisotopic (exact) mass is 422 g/mol. The van der Waals surface area contributed by atoms with Gasteiger partial charge in [-0.25, -0.2) is 0 Å². The van der Waals surface area contributed by atoms with Crippen LogP contribution in [0.3, 0.4) is 0 Å². The van der Waals surface area contributed by atoms with E-state index in [1.807, 2.05) is 0 Å². The third-order valence-corrected chi connectivity index (χ3v) is 7.29. The molecule has 2 saturated carbocycles. The molecule has 2 aliphatic carbocycles. The van der Waals surface area contributed by atoms with E-state index in [4.69, 9.17) is 5.73 Å². The van der Waals surface area contributed by atoms with Gasteiger partial charge in [0.1, 0.15) is 5.78 Å². The molecule has 6 nitrogen and oxygen atoms in total. The number of ketones is 2. The summed E-state index contributed by atoms with van der Waals surface area (Å²) in [7, 11) is 0. The molecule has 172 valence electrons. The smallest absolute Gasteiger partial charge is 0.226 e. The zero-order valence-corrected chi connectivity index (χ0v) is 19.1. The van der Waals surface area contributed by atoms with Gasteiger partial charge in [-0.05, 0) is 31.6 Å². The fourth-order valence-electron chi connectivity index (χ4n) is 5.35. The Labute approximate surface area is 181 Å². The first kappa shape index (κ1) is 25.0. The first-order valence-corrected chi connectivity index (χ1v) is 12.0. The minimum Gasteiger partial charge on any atom is -0.393 e. The molecule has 2 rings (SSSR count). The van der Waals surface area contributed by atoms with Gasteiger partial charge in [-0.1, -0.05) is 58.8 Å². The zero-order chi connectivity index (χ0) is 22.3. The second-order valence-electron chi connectivity index (χ2n) is 9.89. The van der Waals surface area contributed by atoms with Crippen LogP contribution in [0.4, 0.5) is 0 Å². The SMILES string of the molecule is CC(C)C(=O)[C@H](CN)NC(=O)[C@@H](CC(=O)[C@@H]1CCCC(C2CCCCC2)C1)[C@H](C)O. The van der Waals surface area contributed by atoms with Gasteiger partial charge >= 0.3 is 0 Å². The summed E-state index contributed by atoms with van der Waals surface area (Å²) in [6.45, 7) is 5.07. The van der Waals surface area contributed by atoms with E-state index in [-0.39, 0.29) is 36.4 Å². The third kappa shape index (κ3) is 6.88. The molecule has 0 heterocycles. The highest BCUT2D eigenvalue weighted by Gasteiger charge is 2.36. The van der Waals surface area contributed by atoms with Crippen molar-refractivity contribution in [3.8, 4) is 0 Å². The number of nitrogens with two attached hydrogens (primary N) is 1. The molecule has 4 N–H and O–H groups in total. The minimum absolute atomic E-state index is 0.00885. The highest BCUT2D eigenvalue weighted by Crippen LogP contribution is 2.41. The van der Waals surface area contributed by atoms with Gasteiger partial charge in [0.25, 0.3) is 0 Å². The number of hydrogen-bond donors (Lipinski definition) is 3. The van der Waals surface area contributed by atoms with E-state index in [9.17, 15) is 19.5 Å². The van der Waals surface area contributed by atoms with Crippen molar-refractivity contribution in [2.45, 2.75) is 97.1 Å². The van der Waals surface area contributed by atoms with Crippen LogP contribution in [0.2, 0.25) is 0 Å². The predicted molar refractivity (Wildman–Crippen MR) is 118 cm³/mol. The minimum atomic E-state index is -0.959. The molecule has 30 heavy (non-hydrogen) atoms. The molecule has 0 saturated heterocycles. The second-order valence-corrected chi connectivity index (χ2v) is 9.89. The molecule has 5 atom stereocenters. The van der Waals surface area contributed by atoms with Crippen molar-refractivity contribution in [2.24, 2.45) is 35.3 Å². The van der Waals surface area contributed by atoms with E-state index in [1.165, 1.54) is 45.4 Å². The Morgan fingerprint density at radius 2 is 1.60 bits per heavy atom. The topological polar surface area (TPSA) is 109 Å². The first-order valence-electron chi connectivity index (χ1n) is 12.0. The molecule has 0 aromatic rings. The Morgan fingerprint density at radius 3 is 2.17 bits per heavy atom. The number of carbonyl (C=O) groups excluding carboxylic acids is 3. The van der Waals surface area contributed by atoms with Gasteiger partial charge < -0.3 is 16.2 Å². The second kappa shape index (κ2) is 11.9. The van der Waals surface area contributed by atoms with Gasteiger partial charge in [-0.3, -0.25) is 14.4 Å². The van der Waals surface area contributed by atoms with Crippen molar-refractivity contribution in [1.29, 1.82) is 0 Å². The predicted octanol–water partition coefficient (Wildman–Crippen LogP) is 3.00. The van der Waals surface area contributed by atoms with E-state index >= 15 is 0 Å². The van der Waals surface area contributed by atoms with Gasteiger partial charge in [0.15, 0.2) is 5.78 Å². The summed E-state index contributed by atoms with van der Waals surface area (Å²) in [5.74, 6) is -0.245. The Morgan fingerprint density at radius 1 is 0.967 bits per heavy atom. The van der Waals surface area contributed by atoms with E-state index in [2.05, 4.69) is 5.32 Å². The summed E-state index contributed by atoms with van der Waals surface area (Å²) in [5, 5.41) is 12.9. The van der Waals surface area contributed by atoms with Crippen LogP contribution in [-0.4, -0.2) is 41.3 Å². The van der Waals surface area contributed by atoms with Gasteiger partial charge in [0.05, 0.1) is 18.1 Å². The first-order chi connectivity index (χ1) is 14.2. The molecule has 0 bridgehead atoms. The van der Waals surface area contributed by atoms with Crippen LogP contribution in [0, 0.1) is 29.6 Å². The van der Waals surface area contributed by atoms with E-state index in [0.29, 0.717) is 5.92 Å². The van der Waals surface area contributed by atoms with Crippen molar-refractivity contribution in [3.05, 3.63) is 0 Å². The van der Waals surface area contributed by atoms with Crippen LogP contribution in [0.15, 0.2) is 0 Å². The summed E-state index contributed by atoms with van der Waals surface area (Å²) in [4.78, 5) is 38.1. The molecule has 0 radical (unpaired) electrons. The Kier molecular flexibility index (Phi) is 9.95. The Balaban J connectivity index is 1.96. The lowest BCUT2D eigenvalue weighted by Crippen LogP contribution is -2.51. The summed E-state index contributed by atoms with van der Waals surface area (Å²) >= 11 is 0. The molecule has 1 unspecified atom stereocenters. The fourth-order valence-corrected chi connectivity index (χ4v) is 5.35. The number of Topliss-reactive ketones (excluding diaryl/α,β-unsaturated/α-hetero) is 2. The number of amides is 1. The Hall–Kier alpha value is -1.27. The maximum Gasteiger partial charge on any atom is 0.226 e. The summed E-state index contributed by atoms with van der Waals surface area (Å²) < 4.78 is 0. The van der Waals surface area contributed by atoms with Crippen molar-refractivity contribution in [2.75, 3.05) is 6.54 Å². The number of aliphatic hydroxyl groups excluding tert-OH is 1. The molecule has 1 amide bonds. The number of nitrogens with one attached hydrogen (secondary N) is 1. The normalized spacial score (nSPS) is 26.1. The summed E-state index contributed by atoms with van der Waals surface area (Å²) in [5.41, 5.74) is 5.68. The van der Waals surface area contributed by atoms with Crippen LogP contribution >= 0.6 is 0 Å². The van der Waals surface area contributed by atoms with Crippen molar-refractivity contribution >= 4 is 17.5 Å². The molecule has 0 spiro atoms. The van der Waals surface area contributed by atoms with E-state index in [0.717, 1.165) is 25.2 Å². The number of carbonyl (C=O) groups is 3. The van der Waals surface area contributed by atoms with Crippen molar-refractivity contribution in [1.82, 2.24) is 5.32 Å². The third-order valence-electron chi connectivity index (χ3n) is 7.29. The average molecular weight is 423 g/mol. The van der Waals surface area contributed by atoms with Gasteiger partial charge in [0.2, 0.25) is 5.91 Å². The summed E-state index contributed by atoms with van der Waals surface area (Å²) in [6.07, 6.45) is 9.68. The van der Waals surface area contributed by atoms with Crippen LogP contribution in [0.1, 0.15) is 85.0 Å². The summed E-state index contributed by atoms with van der Waals surface area (Å²) in [6, 6.07) is -0.779.